The Bertz CT molecular complexity index is 538. The van der Waals surface area contributed by atoms with E-state index >= 15 is 0 Å². The second-order valence-corrected chi connectivity index (χ2v) is 6.99. The molecule has 2 aliphatic rings. The zero-order valence-corrected chi connectivity index (χ0v) is 15.3. The van der Waals surface area contributed by atoms with Gasteiger partial charge >= 0.3 is 0 Å². The van der Waals surface area contributed by atoms with Gasteiger partial charge < -0.3 is 15.4 Å². The molecule has 1 heterocycles. The number of aryl methyl sites for hydroxylation is 1. The van der Waals surface area contributed by atoms with Crippen LogP contribution in [0.25, 0.3) is 0 Å². The Balaban J connectivity index is 0.00000208. The summed E-state index contributed by atoms with van der Waals surface area (Å²) in [5, 5.41) is 6.39. The Morgan fingerprint density at radius 2 is 2.12 bits per heavy atom. The summed E-state index contributed by atoms with van der Waals surface area (Å²) in [6.45, 7) is 4.91. The third-order valence-electron chi connectivity index (χ3n) is 5.26. The highest BCUT2D eigenvalue weighted by molar-refractivity contribution is 5.85. The Morgan fingerprint density at radius 1 is 1.33 bits per heavy atom. The van der Waals surface area contributed by atoms with Crippen molar-refractivity contribution in [2.45, 2.75) is 50.5 Å². The molecular weight excluding hydrogens is 324 g/mol. The molecule has 1 saturated carbocycles. The third kappa shape index (κ3) is 4.50. The molecule has 0 radical (unpaired) electrons. The summed E-state index contributed by atoms with van der Waals surface area (Å²) in [7, 11) is 0. The fourth-order valence-corrected chi connectivity index (χ4v) is 3.87. The van der Waals surface area contributed by atoms with Crippen LogP contribution < -0.4 is 10.6 Å². The topological polar surface area (TPSA) is 50.4 Å². The van der Waals surface area contributed by atoms with Crippen molar-refractivity contribution in [1.29, 1.82) is 0 Å². The van der Waals surface area contributed by atoms with E-state index in [1.807, 2.05) is 0 Å². The van der Waals surface area contributed by atoms with E-state index in [9.17, 15) is 4.79 Å². The van der Waals surface area contributed by atoms with Gasteiger partial charge in [0.2, 0.25) is 5.91 Å². The van der Waals surface area contributed by atoms with Crippen LogP contribution in [-0.2, 0) is 14.9 Å². The predicted molar refractivity (Wildman–Crippen MR) is 98.8 cm³/mol. The van der Waals surface area contributed by atoms with Crippen molar-refractivity contribution < 1.29 is 9.53 Å². The number of hydrogen-bond acceptors (Lipinski definition) is 3. The summed E-state index contributed by atoms with van der Waals surface area (Å²) in [5.74, 6) is 0.0230. The molecule has 24 heavy (non-hydrogen) atoms. The van der Waals surface area contributed by atoms with Gasteiger partial charge in [0.1, 0.15) is 6.10 Å². The van der Waals surface area contributed by atoms with Crippen LogP contribution in [0, 0.1) is 6.92 Å². The molecule has 1 saturated heterocycles. The van der Waals surface area contributed by atoms with E-state index in [0.29, 0.717) is 13.2 Å². The lowest BCUT2D eigenvalue weighted by Gasteiger charge is -2.38. The van der Waals surface area contributed by atoms with Crippen LogP contribution in [0.2, 0.25) is 0 Å². The van der Waals surface area contributed by atoms with E-state index in [4.69, 9.17) is 4.74 Å². The van der Waals surface area contributed by atoms with Gasteiger partial charge in [-0.2, -0.15) is 0 Å². The van der Waals surface area contributed by atoms with E-state index in [0.717, 1.165) is 25.9 Å². The molecule has 1 amide bonds. The minimum Gasteiger partial charge on any atom is -0.366 e. The molecule has 5 heteroatoms. The molecule has 2 fully saturated rings. The molecule has 1 aliphatic heterocycles. The summed E-state index contributed by atoms with van der Waals surface area (Å²) >= 11 is 0. The molecule has 1 aromatic carbocycles. The molecule has 0 aromatic heterocycles. The summed E-state index contributed by atoms with van der Waals surface area (Å²) < 4.78 is 5.56. The third-order valence-corrected chi connectivity index (χ3v) is 5.26. The van der Waals surface area contributed by atoms with E-state index in [2.05, 4.69) is 41.8 Å². The van der Waals surface area contributed by atoms with E-state index in [1.165, 1.54) is 30.4 Å². The predicted octanol–water partition coefficient (Wildman–Crippen LogP) is 2.72. The molecule has 134 valence electrons. The van der Waals surface area contributed by atoms with Crippen molar-refractivity contribution in [3.8, 4) is 0 Å². The van der Waals surface area contributed by atoms with Gasteiger partial charge in [-0.1, -0.05) is 49.1 Å². The first-order chi connectivity index (χ1) is 11.2. The number of benzene rings is 1. The number of nitrogens with one attached hydrogen (secondary N) is 2. The van der Waals surface area contributed by atoms with Gasteiger partial charge in [0.25, 0.3) is 0 Å². The molecule has 1 atom stereocenters. The van der Waals surface area contributed by atoms with Crippen molar-refractivity contribution in [2.75, 3.05) is 26.2 Å². The molecule has 0 spiro atoms. The van der Waals surface area contributed by atoms with Crippen LogP contribution in [-0.4, -0.2) is 38.3 Å². The lowest BCUT2D eigenvalue weighted by Crippen LogP contribution is -2.51. The number of amides is 1. The van der Waals surface area contributed by atoms with Gasteiger partial charge in [-0.15, -0.1) is 12.4 Å². The molecule has 0 bridgehead atoms. The first-order valence-electron chi connectivity index (χ1n) is 8.87. The van der Waals surface area contributed by atoms with Crippen LogP contribution in [0.5, 0.6) is 0 Å². The number of hydrogen-bond donors (Lipinski definition) is 2. The van der Waals surface area contributed by atoms with Crippen LogP contribution >= 0.6 is 12.4 Å². The standard InChI is InChI=1S/C19H28N2O2.ClH/c1-15-6-5-7-16(12-15)19(8-3-2-4-9-19)14-21-18(22)17-13-20-10-11-23-17;/h5-7,12,17,20H,2-4,8-11,13-14H2,1H3,(H,21,22);1H. The van der Waals surface area contributed by atoms with E-state index in [-0.39, 0.29) is 29.8 Å². The van der Waals surface area contributed by atoms with Crippen molar-refractivity contribution in [3.05, 3.63) is 35.4 Å². The average molecular weight is 353 g/mol. The van der Waals surface area contributed by atoms with Gasteiger partial charge in [-0.3, -0.25) is 4.79 Å². The molecule has 4 nitrogen and oxygen atoms in total. The zero-order valence-electron chi connectivity index (χ0n) is 14.5. The van der Waals surface area contributed by atoms with Crippen LogP contribution in [0.3, 0.4) is 0 Å². The minimum absolute atomic E-state index is 0. The van der Waals surface area contributed by atoms with E-state index < -0.39 is 0 Å². The van der Waals surface area contributed by atoms with Crippen LogP contribution in [0.4, 0.5) is 0 Å². The van der Waals surface area contributed by atoms with Gasteiger partial charge in [0, 0.05) is 25.0 Å². The maximum atomic E-state index is 12.4. The maximum Gasteiger partial charge on any atom is 0.250 e. The highest BCUT2D eigenvalue weighted by atomic mass is 35.5. The number of carbonyl (C=O) groups excluding carboxylic acids is 1. The Hall–Kier alpha value is -1.10. The summed E-state index contributed by atoms with van der Waals surface area (Å²) in [4.78, 5) is 12.4. The Morgan fingerprint density at radius 3 is 2.79 bits per heavy atom. The monoisotopic (exact) mass is 352 g/mol. The molecule has 3 rings (SSSR count). The minimum atomic E-state index is -0.345. The van der Waals surface area contributed by atoms with Crippen LogP contribution in [0.1, 0.15) is 43.2 Å². The highest BCUT2D eigenvalue weighted by Crippen LogP contribution is 2.39. The molecule has 1 aliphatic carbocycles. The largest absolute Gasteiger partial charge is 0.366 e. The van der Waals surface area contributed by atoms with Crippen molar-refractivity contribution in [2.24, 2.45) is 0 Å². The molecule has 2 N–H and O–H groups in total. The summed E-state index contributed by atoms with van der Waals surface area (Å²) in [6, 6.07) is 8.79. The number of rotatable bonds is 4. The first-order valence-corrected chi connectivity index (χ1v) is 8.87. The van der Waals surface area contributed by atoms with Gasteiger partial charge in [-0.05, 0) is 25.3 Å². The molecule has 1 unspecified atom stereocenters. The smallest absolute Gasteiger partial charge is 0.250 e. The number of ether oxygens (including phenoxy) is 1. The Kier molecular flexibility index (Phi) is 7.08. The summed E-state index contributed by atoms with van der Waals surface area (Å²) in [6.07, 6.45) is 5.75. The second kappa shape index (κ2) is 8.84. The van der Waals surface area contributed by atoms with Gasteiger partial charge in [0.05, 0.1) is 6.61 Å². The summed E-state index contributed by atoms with van der Waals surface area (Å²) in [5.41, 5.74) is 2.75. The molecule has 1 aromatic rings. The first kappa shape index (κ1) is 19.2. The number of morpholine rings is 1. The normalized spacial score (nSPS) is 23.1. The SMILES string of the molecule is Cc1cccc(C2(CNC(=O)C3CNCCO3)CCCCC2)c1.Cl. The maximum absolute atomic E-state index is 12.4. The molecular formula is C19H29ClN2O2. The zero-order chi connectivity index (χ0) is 16.1. The lowest BCUT2D eigenvalue weighted by atomic mass is 9.69. The Labute approximate surface area is 151 Å². The quantitative estimate of drug-likeness (QED) is 0.876. The lowest BCUT2D eigenvalue weighted by molar-refractivity contribution is -0.134. The second-order valence-electron chi connectivity index (χ2n) is 6.99. The van der Waals surface area contributed by atoms with Gasteiger partial charge in [0.15, 0.2) is 0 Å². The van der Waals surface area contributed by atoms with Crippen molar-refractivity contribution >= 4 is 18.3 Å². The number of carbonyl (C=O) groups is 1. The van der Waals surface area contributed by atoms with Gasteiger partial charge in [-0.25, -0.2) is 0 Å². The van der Waals surface area contributed by atoms with Crippen molar-refractivity contribution in [3.63, 3.8) is 0 Å². The fourth-order valence-electron chi connectivity index (χ4n) is 3.87. The van der Waals surface area contributed by atoms with Crippen molar-refractivity contribution in [1.82, 2.24) is 10.6 Å². The van der Waals surface area contributed by atoms with Crippen LogP contribution in [0.15, 0.2) is 24.3 Å². The average Bonchev–Trinajstić information content (AvgIpc) is 2.61. The number of halogens is 1. The van der Waals surface area contributed by atoms with E-state index in [1.54, 1.807) is 0 Å². The highest BCUT2D eigenvalue weighted by Gasteiger charge is 2.35. The fraction of sp³-hybridized carbons (Fsp3) is 0.632.